The Labute approximate surface area is 162 Å². The summed E-state index contributed by atoms with van der Waals surface area (Å²) >= 11 is 0. The Bertz CT molecular complexity index is 887. The van der Waals surface area contributed by atoms with Gasteiger partial charge < -0.3 is 20.2 Å². The second kappa shape index (κ2) is 7.50. The fraction of sp³-hybridized carbons (Fsp3) is 0.333. The minimum Gasteiger partial charge on any atom is -0.465 e. The van der Waals surface area contributed by atoms with E-state index in [1.807, 2.05) is 18.2 Å². The summed E-state index contributed by atoms with van der Waals surface area (Å²) in [5.74, 6) is -0.316. The maximum atomic E-state index is 13.4. The number of hydrogen-bond acceptors (Lipinski definition) is 2. The van der Waals surface area contributed by atoms with Gasteiger partial charge in [0.15, 0.2) is 0 Å². The molecule has 2 aliphatic heterocycles. The van der Waals surface area contributed by atoms with Crippen LogP contribution in [0.2, 0.25) is 0 Å². The number of carbonyl (C=O) groups excluding carboxylic acids is 1. The van der Waals surface area contributed by atoms with Crippen LogP contribution in [0.4, 0.5) is 14.0 Å². The van der Waals surface area contributed by atoms with Gasteiger partial charge in [0.25, 0.3) is 0 Å². The molecule has 4 rings (SSSR count). The van der Waals surface area contributed by atoms with Crippen LogP contribution >= 0.6 is 0 Å². The number of carbonyl (C=O) groups is 2. The normalized spacial score (nSPS) is 21.3. The molecule has 2 aromatic carbocycles. The van der Waals surface area contributed by atoms with Gasteiger partial charge in [0, 0.05) is 25.7 Å². The van der Waals surface area contributed by atoms with Crippen LogP contribution < -0.4 is 5.32 Å². The van der Waals surface area contributed by atoms with Gasteiger partial charge in [-0.25, -0.2) is 14.0 Å². The van der Waals surface area contributed by atoms with E-state index >= 15 is 0 Å². The molecule has 3 amide bonds. The first kappa shape index (κ1) is 18.3. The van der Waals surface area contributed by atoms with Gasteiger partial charge in [-0.2, -0.15) is 0 Å². The average Bonchev–Trinajstić information content (AvgIpc) is 3.16. The van der Waals surface area contributed by atoms with Crippen molar-refractivity contribution in [2.24, 2.45) is 0 Å². The minimum absolute atomic E-state index is 0.199. The third-order valence-electron chi connectivity index (χ3n) is 5.52. The zero-order chi connectivity index (χ0) is 19.7. The van der Waals surface area contributed by atoms with E-state index < -0.39 is 6.09 Å². The molecule has 2 N–H and O–H groups in total. The van der Waals surface area contributed by atoms with Crippen molar-refractivity contribution in [1.29, 1.82) is 0 Å². The number of halogens is 1. The van der Waals surface area contributed by atoms with Crippen LogP contribution in [0.25, 0.3) is 0 Å². The van der Waals surface area contributed by atoms with Crippen LogP contribution in [-0.4, -0.2) is 52.7 Å². The van der Waals surface area contributed by atoms with Gasteiger partial charge in [0.05, 0.1) is 6.04 Å². The Hall–Kier alpha value is -3.09. The number of urea groups is 1. The topological polar surface area (TPSA) is 72.9 Å². The van der Waals surface area contributed by atoms with Crippen LogP contribution in [-0.2, 0) is 6.42 Å². The highest BCUT2D eigenvalue weighted by Crippen LogP contribution is 2.35. The van der Waals surface area contributed by atoms with Gasteiger partial charge in [0.2, 0.25) is 0 Å². The molecule has 0 bridgehead atoms. The summed E-state index contributed by atoms with van der Waals surface area (Å²) in [7, 11) is 0. The predicted octanol–water partition coefficient (Wildman–Crippen LogP) is 3.24. The first-order valence-corrected chi connectivity index (χ1v) is 9.41. The van der Waals surface area contributed by atoms with Crippen molar-refractivity contribution in [3.63, 3.8) is 0 Å². The molecule has 0 spiro atoms. The number of amides is 3. The Morgan fingerprint density at radius 1 is 1.07 bits per heavy atom. The molecule has 2 atom stereocenters. The summed E-state index contributed by atoms with van der Waals surface area (Å²) < 4.78 is 13.4. The van der Waals surface area contributed by atoms with E-state index in [9.17, 15) is 14.0 Å². The monoisotopic (exact) mass is 383 g/mol. The number of carboxylic acid groups (broad SMARTS) is 1. The highest BCUT2D eigenvalue weighted by atomic mass is 19.1. The zero-order valence-electron chi connectivity index (χ0n) is 15.3. The van der Waals surface area contributed by atoms with Crippen molar-refractivity contribution in [2.75, 3.05) is 19.6 Å². The molecule has 28 heavy (non-hydrogen) atoms. The standard InChI is InChI=1S/C21H22FN3O3/c22-16-7-5-15(6-8-16)19-18-4-2-1-3-14(18)9-12-25(19)20(26)23-17-10-11-24(13-17)21(27)28/h1-8,17,19H,9-13H2,(H,23,26)(H,27,28)/t17?,19-/m0/s1. The van der Waals surface area contributed by atoms with E-state index in [0.29, 0.717) is 26.1 Å². The molecule has 0 saturated carbocycles. The van der Waals surface area contributed by atoms with E-state index in [2.05, 4.69) is 11.4 Å². The molecule has 146 valence electrons. The van der Waals surface area contributed by atoms with Crippen molar-refractivity contribution >= 4 is 12.1 Å². The zero-order valence-corrected chi connectivity index (χ0v) is 15.3. The van der Waals surface area contributed by atoms with E-state index in [4.69, 9.17) is 5.11 Å². The average molecular weight is 383 g/mol. The maximum Gasteiger partial charge on any atom is 0.407 e. The lowest BCUT2D eigenvalue weighted by Gasteiger charge is -2.38. The summed E-state index contributed by atoms with van der Waals surface area (Å²) in [5, 5.41) is 12.1. The van der Waals surface area contributed by atoms with Crippen molar-refractivity contribution in [1.82, 2.24) is 15.1 Å². The molecular weight excluding hydrogens is 361 g/mol. The van der Waals surface area contributed by atoms with Crippen LogP contribution in [0.1, 0.15) is 29.2 Å². The van der Waals surface area contributed by atoms with Crippen molar-refractivity contribution in [3.8, 4) is 0 Å². The molecule has 2 aliphatic rings. The minimum atomic E-state index is -0.965. The largest absolute Gasteiger partial charge is 0.465 e. The number of nitrogens with one attached hydrogen (secondary N) is 1. The van der Waals surface area contributed by atoms with Gasteiger partial charge in [-0.1, -0.05) is 36.4 Å². The second-order valence-corrected chi connectivity index (χ2v) is 7.26. The lowest BCUT2D eigenvalue weighted by Crippen LogP contribution is -2.49. The quantitative estimate of drug-likeness (QED) is 0.836. The fourth-order valence-electron chi connectivity index (χ4n) is 4.10. The lowest BCUT2D eigenvalue weighted by atomic mass is 9.88. The summed E-state index contributed by atoms with van der Waals surface area (Å²) in [6, 6.07) is 13.5. The van der Waals surface area contributed by atoms with Crippen LogP contribution in [0.3, 0.4) is 0 Å². The van der Waals surface area contributed by atoms with E-state index in [1.54, 1.807) is 17.0 Å². The van der Waals surface area contributed by atoms with Gasteiger partial charge in [-0.3, -0.25) is 0 Å². The second-order valence-electron chi connectivity index (χ2n) is 7.26. The lowest BCUT2D eigenvalue weighted by molar-refractivity contribution is 0.153. The Morgan fingerprint density at radius 2 is 1.82 bits per heavy atom. The third-order valence-corrected chi connectivity index (χ3v) is 5.52. The molecule has 7 heteroatoms. The third kappa shape index (κ3) is 3.52. The SMILES string of the molecule is O=C(O)N1CCC(NC(=O)N2CCc3ccccc3[C@@H]2c2ccc(F)cc2)C1. The van der Waals surface area contributed by atoms with E-state index in [1.165, 1.54) is 22.6 Å². The van der Waals surface area contributed by atoms with E-state index in [-0.39, 0.29) is 23.9 Å². The number of nitrogens with zero attached hydrogens (tertiary/aromatic N) is 2. The number of benzene rings is 2. The van der Waals surface area contributed by atoms with Crippen molar-refractivity contribution in [3.05, 3.63) is 71.0 Å². The molecule has 1 fully saturated rings. The number of rotatable bonds is 2. The smallest absolute Gasteiger partial charge is 0.407 e. The van der Waals surface area contributed by atoms with Gasteiger partial charge in [0.1, 0.15) is 5.82 Å². The molecule has 1 saturated heterocycles. The highest BCUT2D eigenvalue weighted by Gasteiger charge is 2.34. The van der Waals surface area contributed by atoms with Crippen LogP contribution in [0.15, 0.2) is 48.5 Å². The number of hydrogen-bond donors (Lipinski definition) is 2. The summed E-state index contributed by atoms with van der Waals surface area (Å²) in [4.78, 5) is 27.3. The first-order chi connectivity index (χ1) is 13.5. The highest BCUT2D eigenvalue weighted by molar-refractivity contribution is 5.76. The number of fused-ring (bicyclic) bond motifs is 1. The molecule has 0 aromatic heterocycles. The van der Waals surface area contributed by atoms with Crippen molar-refractivity contribution in [2.45, 2.75) is 24.9 Å². The summed E-state index contributed by atoms with van der Waals surface area (Å²) in [6.45, 7) is 1.26. The number of likely N-dealkylation sites (tertiary alicyclic amines) is 1. The fourth-order valence-corrected chi connectivity index (χ4v) is 4.10. The summed E-state index contributed by atoms with van der Waals surface area (Å²) in [5.41, 5.74) is 3.06. The molecular formula is C21H22FN3O3. The Balaban J connectivity index is 1.59. The Kier molecular flexibility index (Phi) is 4.90. The first-order valence-electron chi connectivity index (χ1n) is 9.41. The molecule has 2 aromatic rings. The predicted molar refractivity (Wildman–Crippen MR) is 102 cm³/mol. The molecule has 0 radical (unpaired) electrons. The summed E-state index contributed by atoms with van der Waals surface area (Å²) in [6.07, 6.45) is 0.379. The van der Waals surface area contributed by atoms with Gasteiger partial charge in [-0.15, -0.1) is 0 Å². The van der Waals surface area contributed by atoms with Crippen molar-refractivity contribution < 1.29 is 19.1 Å². The molecule has 6 nitrogen and oxygen atoms in total. The van der Waals surface area contributed by atoms with Crippen LogP contribution in [0, 0.1) is 5.82 Å². The van der Waals surface area contributed by atoms with Crippen LogP contribution in [0.5, 0.6) is 0 Å². The maximum absolute atomic E-state index is 13.4. The molecule has 2 heterocycles. The van der Waals surface area contributed by atoms with Gasteiger partial charge in [-0.05, 0) is 41.7 Å². The molecule has 1 unspecified atom stereocenters. The van der Waals surface area contributed by atoms with Gasteiger partial charge >= 0.3 is 12.1 Å². The Morgan fingerprint density at radius 3 is 2.54 bits per heavy atom. The van der Waals surface area contributed by atoms with E-state index in [0.717, 1.165) is 17.5 Å². The molecule has 0 aliphatic carbocycles.